The second-order valence-electron chi connectivity index (χ2n) is 4.39. The Morgan fingerprint density at radius 1 is 1.72 bits per heavy atom. The van der Waals surface area contributed by atoms with E-state index >= 15 is 0 Å². The number of hydrogen-bond donors (Lipinski definition) is 2. The van der Waals surface area contributed by atoms with E-state index < -0.39 is 5.60 Å². The van der Waals surface area contributed by atoms with Crippen molar-refractivity contribution in [3.8, 4) is 0 Å². The first kappa shape index (κ1) is 13.3. The molecule has 2 heterocycles. The van der Waals surface area contributed by atoms with Crippen LogP contribution in [0.3, 0.4) is 0 Å². The number of ether oxygens (including phenoxy) is 1. The molecule has 18 heavy (non-hydrogen) atoms. The monoisotopic (exact) mass is 270 g/mol. The lowest BCUT2D eigenvalue weighted by molar-refractivity contribution is -0.0252. The van der Waals surface area contributed by atoms with Crippen molar-refractivity contribution < 1.29 is 14.6 Å². The van der Waals surface area contributed by atoms with Gasteiger partial charge in [-0.25, -0.2) is 4.98 Å². The zero-order chi connectivity index (χ0) is 13.2. The number of amides is 1. The first-order valence-electron chi connectivity index (χ1n) is 5.76. The second kappa shape index (κ2) is 5.22. The molecule has 1 aromatic rings. The molecule has 0 spiro atoms. The summed E-state index contributed by atoms with van der Waals surface area (Å²) in [6.45, 7) is 2.43. The molecule has 2 unspecified atom stereocenters. The molecule has 0 aliphatic carbocycles. The number of rotatable bonds is 3. The van der Waals surface area contributed by atoms with Crippen molar-refractivity contribution in [3.63, 3.8) is 0 Å². The van der Waals surface area contributed by atoms with Gasteiger partial charge in [0.1, 0.15) is 16.4 Å². The molecule has 2 N–H and O–H groups in total. The zero-order valence-corrected chi connectivity index (χ0v) is 10.8. The molecule has 98 valence electrons. The fourth-order valence-corrected chi connectivity index (χ4v) is 2.03. The lowest BCUT2D eigenvalue weighted by Crippen LogP contribution is -2.47. The van der Waals surface area contributed by atoms with E-state index in [-0.39, 0.29) is 29.4 Å². The van der Waals surface area contributed by atoms with Gasteiger partial charge in [0.15, 0.2) is 0 Å². The summed E-state index contributed by atoms with van der Waals surface area (Å²) in [6, 6.07) is 4.82. The lowest BCUT2D eigenvalue weighted by atomic mass is 9.97. The number of nitrogens with zero attached hydrogens (tertiary/aromatic N) is 1. The van der Waals surface area contributed by atoms with E-state index in [0.717, 1.165) is 0 Å². The quantitative estimate of drug-likeness (QED) is 0.804. The van der Waals surface area contributed by atoms with Crippen LogP contribution in [0.25, 0.3) is 0 Å². The predicted octanol–water partition coefficient (Wildman–Crippen LogP) is 1.00. The largest absolute Gasteiger partial charge is 0.385 e. The van der Waals surface area contributed by atoms with Crippen LogP contribution in [0.4, 0.5) is 0 Å². The number of halogens is 1. The first-order valence-corrected chi connectivity index (χ1v) is 6.14. The molecule has 0 saturated carbocycles. The maximum Gasteiger partial charge on any atom is 0.270 e. The van der Waals surface area contributed by atoms with E-state index in [1.165, 1.54) is 0 Å². The van der Waals surface area contributed by atoms with Gasteiger partial charge in [-0.2, -0.15) is 0 Å². The van der Waals surface area contributed by atoms with Crippen LogP contribution in [-0.4, -0.2) is 40.9 Å². The highest BCUT2D eigenvalue weighted by molar-refractivity contribution is 6.29. The molecular weight excluding hydrogens is 256 g/mol. The second-order valence-corrected chi connectivity index (χ2v) is 4.78. The molecule has 1 fully saturated rings. The molecule has 6 heteroatoms. The summed E-state index contributed by atoms with van der Waals surface area (Å²) in [4.78, 5) is 15.7. The molecule has 1 aliphatic heterocycles. The normalized spacial score (nSPS) is 27.2. The molecule has 2 atom stereocenters. The van der Waals surface area contributed by atoms with E-state index in [9.17, 15) is 9.90 Å². The third-order valence-corrected chi connectivity index (χ3v) is 3.37. The van der Waals surface area contributed by atoms with Gasteiger partial charge in [-0.1, -0.05) is 17.7 Å². The Bertz CT molecular complexity index is 455. The van der Waals surface area contributed by atoms with Gasteiger partial charge < -0.3 is 15.2 Å². The first-order chi connectivity index (χ1) is 8.51. The summed E-state index contributed by atoms with van der Waals surface area (Å²) in [5, 5.41) is 13.1. The fraction of sp³-hybridized carbons (Fsp3) is 0.500. The van der Waals surface area contributed by atoms with E-state index in [1.54, 1.807) is 25.1 Å². The van der Waals surface area contributed by atoms with Gasteiger partial charge in [-0.3, -0.25) is 4.79 Å². The predicted molar refractivity (Wildman–Crippen MR) is 66.6 cm³/mol. The van der Waals surface area contributed by atoms with Gasteiger partial charge in [0.2, 0.25) is 0 Å². The van der Waals surface area contributed by atoms with Crippen LogP contribution in [0.15, 0.2) is 18.2 Å². The van der Waals surface area contributed by atoms with Crippen molar-refractivity contribution in [1.82, 2.24) is 10.3 Å². The van der Waals surface area contributed by atoms with Crippen LogP contribution in [-0.2, 0) is 4.74 Å². The van der Waals surface area contributed by atoms with Crippen molar-refractivity contribution in [2.75, 3.05) is 13.2 Å². The van der Waals surface area contributed by atoms with Crippen LogP contribution >= 0.6 is 11.6 Å². The smallest absolute Gasteiger partial charge is 0.270 e. The molecule has 0 radical (unpaired) electrons. The zero-order valence-electron chi connectivity index (χ0n) is 10.0. The number of aliphatic hydroxyl groups is 1. The van der Waals surface area contributed by atoms with E-state index in [4.69, 9.17) is 16.3 Å². The summed E-state index contributed by atoms with van der Waals surface area (Å²) < 4.78 is 5.29. The lowest BCUT2D eigenvalue weighted by Gasteiger charge is -2.25. The Morgan fingerprint density at radius 2 is 2.50 bits per heavy atom. The van der Waals surface area contributed by atoms with Crippen LogP contribution in [0.5, 0.6) is 0 Å². The third-order valence-electron chi connectivity index (χ3n) is 3.16. The van der Waals surface area contributed by atoms with Crippen LogP contribution < -0.4 is 5.32 Å². The summed E-state index contributed by atoms with van der Waals surface area (Å²) in [7, 11) is 0. The Labute approximate surface area is 110 Å². The minimum absolute atomic E-state index is 0.140. The Balaban J connectivity index is 1.96. The minimum Gasteiger partial charge on any atom is -0.385 e. The van der Waals surface area contributed by atoms with Crippen LogP contribution in [0, 0.1) is 0 Å². The topological polar surface area (TPSA) is 71.5 Å². The van der Waals surface area contributed by atoms with Gasteiger partial charge in [0.05, 0.1) is 6.10 Å². The average molecular weight is 271 g/mol. The molecule has 1 aliphatic rings. The number of aromatic nitrogens is 1. The van der Waals surface area contributed by atoms with E-state index in [2.05, 4.69) is 10.3 Å². The number of carbonyl (C=O) groups is 1. The highest BCUT2D eigenvalue weighted by atomic mass is 35.5. The molecule has 1 amide bonds. The number of nitrogens with one attached hydrogen (secondary N) is 1. The van der Waals surface area contributed by atoms with Crippen molar-refractivity contribution in [1.29, 1.82) is 0 Å². The maximum atomic E-state index is 11.8. The van der Waals surface area contributed by atoms with Gasteiger partial charge in [0, 0.05) is 19.6 Å². The molecule has 0 bridgehead atoms. The number of hydrogen-bond acceptors (Lipinski definition) is 4. The average Bonchev–Trinajstić information content (AvgIpc) is 2.67. The molecule has 5 nitrogen and oxygen atoms in total. The summed E-state index contributed by atoms with van der Waals surface area (Å²) in [5.41, 5.74) is -0.772. The Morgan fingerprint density at radius 3 is 3.11 bits per heavy atom. The Hall–Kier alpha value is -1.17. The van der Waals surface area contributed by atoms with Gasteiger partial charge in [-0.05, 0) is 19.1 Å². The van der Waals surface area contributed by atoms with Gasteiger partial charge in [0.25, 0.3) is 5.91 Å². The standard InChI is InChI=1S/C12H15ClN2O3/c1-8-12(17,5-6-18-8)7-14-11(16)9-3-2-4-10(13)15-9/h2-4,8,17H,5-7H2,1H3,(H,14,16). The third kappa shape index (κ3) is 2.80. The van der Waals surface area contributed by atoms with Gasteiger partial charge in [-0.15, -0.1) is 0 Å². The minimum atomic E-state index is -1.01. The highest BCUT2D eigenvalue weighted by Gasteiger charge is 2.39. The molecule has 0 aromatic carbocycles. The maximum absolute atomic E-state index is 11.8. The van der Waals surface area contributed by atoms with Crippen molar-refractivity contribution >= 4 is 17.5 Å². The van der Waals surface area contributed by atoms with Crippen molar-refractivity contribution in [3.05, 3.63) is 29.0 Å². The summed E-state index contributed by atoms with van der Waals surface area (Å²) in [6.07, 6.45) is 0.224. The highest BCUT2D eigenvalue weighted by Crippen LogP contribution is 2.24. The Kier molecular flexibility index (Phi) is 3.85. The van der Waals surface area contributed by atoms with Gasteiger partial charge >= 0.3 is 0 Å². The summed E-state index contributed by atoms with van der Waals surface area (Å²) in [5.74, 6) is -0.356. The molecular formula is C12H15ClN2O3. The van der Waals surface area contributed by atoms with Crippen molar-refractivity contribution in [2.24, 2.45) is 0 Å². The number of carbonyl (C=O) groups excluding carboxylic acids is 1. The van der Waals surface area contributed by atoms with E-state index in [1.807, 2.05) is 0 Å². The fourth-order valence-electron chi connectivity index (χ4n) is 1.86. The molecule has 1 saturated heterocycles. The van der Waals surface area contributed by atoms with E-state index in [0.29, 0.717) is 13.0 Å². The number of pyridine rings is 1. The van der Waals surface area contributed by atoms with Crippen LogP contribution in [0.2, 0.25) is 5.15 Å². The van der Waals surface area contributed by atoms with Crippen molar-refractivity contribution in [2.45, 2.75) is 25.0 Å². The SMILES string of the molecule is CC1OCCC1(O)CNC(=O)c1cccc(Cl)n1. The molecule has 2 rings (SSSR count). The summed E-state index contributed by atoms with van der Waals surface area (Å²) >= 11 is 5.71. The molecule has 1 aromatic heterocycles. The van der Waals surface area contributed by atoms with Crippen LogP contribution in [0.1, 0.15) is 23.8 Å².